The van der Waals surface area contributed by atoms with Gasteiger partial charge in [0.05, 0.1) is 4.90 Å². The molecule has 0 aliphatic carbocycles. The van der Waals surface area contributed by atoms with Crippen molar-refractivity contribution in [3.05, 3.63) is 28.7 Å². The number of hydrogen-bond acceptors (Lipinski definition) is 4. The molecule has 1 aliphatic rings. The molecule has 1 fully saturated rings. The van der Waals surface area contributed by atoms with E-state index in [0.717, 1.165) is 9.21 Å². The van der Waals surface area contributed by atoms with Crippen LogP contribution in [-0.4, -0.2) is 66.1 Å². The summed E-state index contributed by atoms with van der Waals surface area (Å²) in [5, 5.41) is 9.57. The average Bonchev–Trinajstić information content (AvgIpc) is 2.53. The zero-order chi connectivity index (χ0) is 19.9. The van der Waals surface area contributed by atoms with Gasteiger partial charge in [0.2, 0.25) is 15.6 Å². The van der Waals surface area contributed by atoms with E-state index in [-0.39, 0.29) is 24.5 Å². The predicted octanol–water partition coefficient (Wildman–Crippen LogP) is 1.98. The topological polar surface area (TPSA) is 77.9 Å². The van der Waals surface area contributed by atoms with E-state index in [0.29, 0.717) is 11.4 Å². The summed E-state index contributed by atoms with van der Waals surface area (Å²) in [5.41, 5.74) is -3.52. The number of nitrogens with zero attached hydrogens (tertiary/aromatic N) is 2. The third-order valence-corrected chi connectivity index (χ3v) is 6.68. The molecule has 6 nitrogen and oxygen atoms in total. The SMILES string of the molecule is C[C@@H]1CN(S(=O)(=O)c2ccc(Br)cc2)CCN1C(=O)C(C)(O)C(F)(F)F. The Morgan fingerprint density at radius 2 is 1.77 bits per heavy atom. The number of alkyl halides is 3. The van der Waals surface area contributed by atoms with Gasteiger partial charge in [-0.3, -0.25) is 4.79 Å². The first-order valence-electron chi connectivity index (χ1n) is 7.64. The summed E-state index contributed by atoms with van der Waals surface area (Å²) in [6.07, 6.45) is -5.12. The summed E-state index contributed by atoms with van der Waals surface area (Å²) >= 11 is 3.21. The summed E-state index contributed by atoms with van der Waals surface area (Å²) in [6.45, 7) is 1.25. The fourth-order valence-electron chi connectivity index (χ4n) is 2.60. The zero-order valence-electron chi connectivity index (χ0n) is 14.0. The Labute approximate surface area is 157 Å². The predicted molar refractivity (Wildman–Crippen MR) is 90.8 cm³/mol. The Morgan fingerprint density at radius 3 is 2.23 bits per heavy atom. The van der Waals surface area contributed by atoms with Crippen molar-refractivity contribution >= 4 is 31.9 Å². The van der Waals surface area contributed by atoms with Crippen LogP contribution in [0.2, 0.25) is 0 Å². The van der Waals surface area contributed by atoms with E-state index in [2.05, 4.69) is 15.9 Å². The monoisotopic (exact) mass is 458 g/mol. The van der Waals surface area contributed by atoms with Gasteiger partial charge in [-0.15, -0.1) is 0 Å². The Bertz CT molecular complexity index is 781. The Kier molecular flexibility index (Phi) is 5.77. The van der Waals surface area contributed by atoms with E-state index in [4.69, 9.17) is 0 Å². The molecule has 2 rings (SSSR count). The first kappa shape index (κ1) is 21.1. The molecule has 1 aromatic carbocycles. The summed E-state index contributed by atoms with van der Waals surface area (Å²) in [5.74, 6) is -1.49. The van der Waals surface area contributed by atoms with Crippen LogP contribution in [-0.2, 0) is 14.8 Å². The highest BCUT2D eigenvalue weighted by atomic mass is 79.9. The molecule has 1 heterocycles. The van der Waals surface area contributed by atoms with E-state index >= 15 is 0 Å². The fraction of sp³-hybridized carbons (Fsp3) is 0.533. The van der Waals surface area contributed by atoms with Gasteiger partial charge in [-0.05, 0) is 38.1 Å². The number of halogens is 4. The van der Waals surface area contributed by atoms with Crippen molar-refractivity contribution in [2.45, 2.75) is 36.6 Å². The molecule has 146 valence electrons. The number of piperazine rings is 1. The number of sulfonamides is 1. The van der Waals surface area contributed by atoms with Crippen molar-refractivity contribution < 1.29 is 31.5 Å². The maximum Gasteiger partial charge on any atom is 0.426 e. The molecule has 11 heteroatoms. The maximum atomic E-state index is 12.9. The second kappa shape index (κ2) is 7.10. The minimum Gasteiger partial charge on any atom is -0.373 e. The largest absolute Gasteiger partial charge is 0.426 e. The van der Waals surface area contributed by atoms with Crippen LogP contribution < -0.4 is 0 Å². The van der Waals surface area contributed by atoms with Gasteiger partial charge in [0.1, 0.15) is 0 Å². The first-order chi connectivity index (χ1) is 11.8. The number of rotatable bonds is 3. The van der Waals surface area contributed by atoms with E-state index in [1.165, 1.54) is 19.1 Å². The normalized spacial score (nSPS) is 22.1. The molecular formula is C15H18BrF3N2O4S. The smallest absolute Gasteiger partial charge is 0.373 e. The van der Waals surface area contributed by atoms with E-state index in [1.54, 1.807) is 12.1 Å². The molecule has 2 atom stereocenters. The molecule has 0 bridgehead atoms. The van der Waals surface area contributed by atoms with Crippen LogP contribution in [0.25, 0.3) is 0 Å². The molecule has 0 aromatic heterocycles. The van der Waals surface area contributed by atoms with Gasteiger partial charge in [-0.2, -0.15) is 17.5 Å². The number of amides is 1. The maximum absolute atomic E-state index is 12.9. The summed E-state index contributed by atoms with van der Waals surface area (Å²) in [4.78, 5) is 13.0. The lowest BCUT2D eigenvalue weighted by atomic mass is 10.0. The molecule has 1 aromatic rings. The van der Waals surface area contributed by atoms with Crippen molar-refractivity contribution in [1.29, 1.82) is 0 Å². The molecule has 1 unspecified atom stereocenters. The summed E-state index contributed by atoms with van der Waals surface area (Å²) in [6, 6.07) is 5.13. The highest BCUT2D eigenvalue weighted by molar-refractivity contribution is 9.10. The Hall–Kier alpha value is -1.17. The van der Waals surface area contributed by atoms with Crippen molar-refractivity contribution in [1.82, 2.24) is 9.21 Å². The van der Waals surface area contributed by atoms with Crippen LogP contribution in [0.15, 0.2) is 33.6 Å². The van der Waals surface area contributed by atoms with E-state index in [9.17, 15) is 31.5 Å². The van der Waals surface area contributed by atoms with Crippen molar-refractivity contribution in [3.63, 3.8) is 0 Å². The molecule has 26 heavy (non-hydrogen) atoms. The number of carbonyl (C=O) groups excluding carboxylic acids is 1. The standard InChI is InChI=1S/C15H18BrF3N2O4S/c1-10-9-20(26(24,25)12-5-3-11(16)4-6-12)7-8-21(10)13(22)14(2,23)15(17,18)19/h3-6,10,23H,7-9H2,1-2H3/t10-,14?/m1/s1. The second-order valence-electron chi connectivity index (χ2n) is 6.23. The van der Waals surface area contributed by atoms with Crippen LogP contribution in [0.1, 0.15) is 13.8 Å². The van der Waals surface area contributed by atoms with Gasteiger partial charge in [0.15, 0.2) is 0 Å². The molecule has 1 aliphatic heterocycles. The van der Waals surface area contributed by atoms with Gasteiger partial charge >= 0.3 is 6.18 Å². The average molecular weight is 459 g/mol. The quantitative estimate of drug-likeness (QED) is 0.750. The number of benzene rings is 1. The van der Waals surface area contributed by atoms with Crippen LogP contribution in [0.3, 0.4) is 0 Å². The first-order valence-corrected chi connectivity index (χ1v) is 9.87. The lowest BCUT2D eigenvalue weighted by Gasteiger charge is -2.42. The van der Waals surface area contributed by atoms with Gasteiger partial charge in [0, 0.05) is 30.1 Å². The fourth-order valence-corrected chi connectivity index (χ4v) is 4.38. The number of carbonyl (C=O) groups is 1. The summed E-state index contributed by atoms with van der Waals surface area (Å²) < 4.78 is 65.8. The second-order valence-corrected chi connectivity index (χ2v) is 9.09. The third kappa shape index (κ3) is 3.90. The molecule has 1 saturated heterocycles. The lowest BCUT2D eigenvalue weighted by molar-refractivity contribution is -0.251. The highest BCUT2D eigenvalue weighted by Gasteiger charge is 2.58. The molecular weight excluding hydrogens is 441 g/mol. The number of hydrogen-bond donors (Lipinski definition) is 1. The van der Waals surface area contributed by atoms with Crippen molar-refractivity contribution in [3.8, 4) is 0 Å². The van der Waals surface area contributed by atoms with Crippen LogP contribution in [0.4, 0.5) is 13.2 Å². The Morgan fingerprint density at radius 1 is 1.23 bits per heavy atom. The minimum absolute atomic E-state index is 0.0509. The van der Waals surface area contributed by atoms with E-state index < -0.39 is 33.7 Å². The molecule has 1 amide bonds. The highest BCUT2D eigenvalue weighted by Crippen LogP contribution is 2.33. The molecule has 0 spiro atoms. The van der Waals surface area contributed by atoms with Crippen molar-refractivity contribution in [2.75, 3.05) is 19.6 Å². The minimum atomic E-state index is -5.12. The van der Waals surface area contributed by atoms with Gasteiger partial charge in [0.25, 0.3) is 5.91 Å². The molecule has 1 N–H and O–H groups in total. The van der Waals surface area contributed by atoms with Crippen LogP contribution in [0.5, 0.6) is 0 Å². The van der Waals surface area contributed by atoms with Gasteiger partial charge in [-0.25, -0.2) is 8.42 Å². The van der Waals surface area contributed by atoms with Crippen LogP contribution >= 0.6 is 15.9 Å². The van der Waals surface area contributed by atoms with Gasteiger partial charge in [-0.1, -0.05) is 15.9 Å². The summed E-state index contributed by atoms with van der Waals surface area (Å²) in [7, 11) is -3.83. The molecule has 0 radical (unpaired) electrons. The number of aliphatic hydroxyl groups is 1. The van der Waals surface area contributed by atoms with Crippen molar-refractivity contribution in [2.24, 2.45) is 0 Å². The Balaban J connectivity index is 2.18. The molecule has 0 saturated carbocycles. The van der Waals surface area contributed by atoms with Crippen LogP contribution in [0, 0.1) is 0 Å². The van der Waals surface area contributed by atoms with Gasteiger partial charge < -0.3 is 10.0 Å². The lowest BCUT2D eigenvalue weighted by Crippen LogP contribution is -2.63. The third-order valence-electron chi connectivity index (χ3n) is 4.27. The zero-order valence-corrected chi connectivity index (χ0v) is 16.4. The van der Waals surface area contributed by atoms with E-state index in [1.807, 2.05) is 0 Å².